The van der Waals surface area contributed by atoms with Crippen LogP contribution in [0.4, 0.5) is 0 Å². The van der Waals surface area contributed by atoms with Crippen LogP contribution in [0.5, 0.6) is 0 Å². The van der Waals surface area contributed by atoms with Gasteiger partial charge in [0.05, 0.1) is 11.7 Å². The zero-order valence-corrected chi connectivity index (χ0v) is 11.3. The summed E-state index contributed by atoms with van der Waals surface area (Å²) in [4.78, 5) is 0. The molecule has 3 N–H and O–H groups in total. The molecule has 1 unspecified atom stereocenters. The van der Waals surface area contributed by atoms with Crippen molar-refractivity contribution in [1.29, 1.82) is 0 Å². The molecular weight excluding hydrogens is 248 g/mol. The number of rotatable bonds is 4. The maximum atomic E-state index is 6.02. The van der Waals surface area contributed by atoms with E-state index in [1.165, 1.54) is 0 Å². The van der Waals surface area contributed by atoms with Crippen molar-refractivity contribution in [3.63, 3.8) is 0 Å². The first-order valence-corrected chi connectivity index (χ1v) is 6.18. The summed E-state index contributed by atoms with van der Waals surface area (Å²) in [6.45, 7) is 1.99. The van der Waals surface area contributed by atoms with Gasteiger partial charge in [0.15, 0.2) is 0 Å². The van der Waals surface area contributed by atoms with Gasteiger partial charge >= 0.3 is 0 Å². The van der Waals surface area contributed by atoms with Gasteiger partial charge in [0, 0.05) is 24.7 Å². The van der Waals surface area contributed by atoms with Gasteiger partial charge in [-0.05, 0) is 30.2 Å². The van der Waals surface area contributed by atoms with Crippen LogP contribution in [0.15, 0.2) is 30.5 Å². The predicted octanol–water partition coefficient (Wildman–Crippen LogP) is 2.13. The van der Waals surface area contributed by atoms with Crippen LogP contribution in [-0.2, 0) is 13.5 Å². The quantitative estimate of drug-likeness (QED) is 0.657. The second-order valence-corrected chi connectivity index (χ2v) is 4.82. The molecule has 0 amide bonds. The molecule has 0 aliphatic rings. The Bertz CT molecular complexity index is 536. The van der Waals surface area contributed by atoms with Crippen molar-refractivity contribution in [2.45, 2.75) is 19.4 Å². The number of benzene rings is 1. The van der Waals surface area contributed by atoms with Crippen LogP contribution in [0.25, 0.3) is 0 Å². The first-order valence-electron chi connectivity index (χ1n) is 5.81. The number of nitrogens with two attached hydrogens (primary N) is 1. The Balaban J connectivity index is 2.19. The van der Waals surface area contributed by atoms with Gasteiger partial charge in [-0.1, -0.05) is 23.7 Å². The average Bonchev–Trinajstić information content (AvgIpc) is 2.75. The molecule has 2 aromatic rings. The molecule has 4 nitrogen and oxygen atoms in total. The highest BCUT2D eigenvalue weighted by Crippen LogP contribution is 2.22. The van der Waals surface area contributed by atoms with E-state index in [2.05, 4.69) is 16.6 Å². The summed E-state index contributed by atoms with van der Waals surface area (Å²) in [7, 11) is 1.90. The van der Waals surface area contributed by atoms with Crippen LogP contribution in [0.1, 0.15) is 22.9 Å². The van der Waals surface area contributed by atoms with Gasteiger partial charge < -0.3 is 0 Å². The van der Waals surface area contributed by atoms with Crippen LogP contribution < -0.4 is 11.3 Å². The van der Waals surface area contributed by atoms with Crippen LogP contribution in [0.2, 0.25) is 5.02 Å². The zero-order chi connectivity index (χ0) is 13.1. The Morgan fingerprint density at radius 3 is 2.78 bits per heavy atom. The number of hydrogen-bond donors (Lipinski definition) is 2. The second-order valence-electron chi connectivity index (χ2n) is 4.41. The molecule has 1 atom stereocenters. The van der Waals surface area contributed by atoms with Crippen LogP contribution in [-0.4, -0.2) is 9.78 Å². The predicted molar refractivity (Wildman–Crippen MR) is 73.2 cm³/mol. The van der Waals surface area contributed by atoms with E-state index in [1.54, 1.807) is 4.68 Å². The number of hydrogen-bond acceptors (Lipinski definition) is 3. The van der Waals surface area contributed by atoms with Crippen molar-refractivity contribution in [2.75, 3.05) is 0 Å². The third-order valence-corrected chi connectivity index (χ3v) is 3.39. The molecule has 0 saturated heterocycles. The Morgan fingerprint density at radius 2 is 2.22 bits per heavy atom. The molecule has 18 heavy (non-hydrogen) atoms. The lowest BCUT2D eigenvalue weighted by molar-refractivity contribution is 0.541. The minimum atomic E-state index is 0.0378. The normalized spacial score (nSPS) is 12.7. The van der Waals surface area contributed by atoms with E-state index in [0.717, 1.165) is 28.3 Å². The number of hydrazine groups is 1. The summed E-state index contributed by atoms with van der Waals surface area (Å²) in [6.07, 6.45) is 2.68. The summed E-state index contributed by atoms with van der Waals surface area (Å²) in [5.74, 6) is 5.63. The first-order chi connectivity index (χ1) is 8.60. The van der Waals surface area contributed by atoms with Gasteiger partial charge in [0.1, 0.15) is 0 Å². The zero-order valence-electron chi connectivity index (χ0n) is 10.5. The van der Waals surface area contributed by atoms with Crippen LogP contribution in [0, 0.1) is 6.92 Å². The van der Waals surface area contributed by atoms with E-state index in [1.807, 2.05) is 38.4 Å². The van der Waals surface area contributed by atoms with Gasteiger partial charge in [-0.2, -0.15) is 5.10 Å². The molecule has 1 heterocycles. The first kappa shape index (κ1) is 13.1. The number of aromatic nitrogens is 2. The molecule has 0 aliphatic heterocycles. The summed E-state index contributed by atoms with van der Waals surface area (Å²) in [5, 5.41) is 5.13. The van der Waals surface area contributed by atoms with Gasteiger partial charge in [0.2, 0.25) is 0 Å². The maximum absolute atomic E-state index is 6.02. The molecule has 0 spiro atoms. The van der Waals surface area contributed by atoms with Gasteiger partial charge in [-0.3, -0.25) is 16.0 Å². The molecule has 1 aromatic heterocycles. The lowest BCUT2D eigenvalue weighted by atomic mass is 10.0. The standard InChI is InChI=1S/C13H17ClN4/c1-9-7-10(3-4-12(9)14)13(16-15)8-11-5-6-18(2)17-11/h3-7,13,16H,8,15H2,1-2H3. The molecule has 0 fully saturated rings. The van der Waals surface area contributed by atoms with Gasteiger partial charge in [-0.25, -0.2) is 0 Å². The molecule has 0 aliphatic carbocycles. The Morgan fingerprint density at radius 1 is 1.44 bits per heavy atom. The van der Waals surface area contributed by atoms with Crippen molar-refractivity contribution in [1.82, 2.24) is 15.2 Å². The molecule has 2 rings (SSSR count). The Labute approximate surface area is 112 Å². The summed E-state index contributed by atoms with van der Waals surface area (Å²) in [5.41, 5.74) is 6.01. The number of halogens is 1. The van der Waals surface area contributed by atoms with E-state index in [0.29, 0.717) is 0 Å². The molecule has 5 heteroatoms. The maximum Gasteiger partial charge on any atom is 0.0643 e. The summed E-state index contributed by atoms with van der Waals surface area (Å²) >= 11 is 6.02. The van der Waals surface area contributed by atoms with Crippen LogP contribution in [0.3, 0.4) is 0 Å². The van der Waals surface area contributed by atoms with Gasteiger partial charge in [-0.15, -0.1) is 0 Å². The molecular formula is C13H17ClN4. The third-order valence-electron chi connectivity index (χ3n) is 2.97. The molecule has 1 aromatic carbocycles. The largest absolute Gasteiger partial charge is 0.276 e. The van der Waals surface area contributed by atoms with Crippen LogP contribution >= 0.6 is 11.6 Å². The lowest BCUT2D eigenvalue weighted by Crippen LogP contribution is -2.29. The van der Waals surface area contributed by atoms with E-state index < -0.39 is 0 Å². The van der Waals surface area contributed by atoms with E-state index in [4.69, 9.17) is 17.4 Å². The van der Waals surface area contributed by atoms with E-state index in [9.17, 15) is 0 Å². The minimum Gasteiger partial charge on any atom is -0.276 e. The monoisotopic (exact) mass is 264 g/mol. The molecule has 96 valence electrons. The fourth-order valence-corrected chi connectivity index (χ4v) is 2.06. The highest BCUT2D eigenvalue weighted by Gasteiger charge is 2.13. The van der Waals surface area contributed by atoms with Crippen molar-refractivity contribution in [3.05, 3.63) is 52.3 Å². The fourth-order valence-electron chi connectivity index (χ4n) is 1.94. The Kier molecular flexibility index (Phi) is 4.01. The molecule has 0 radical (unpaired) electrons. The SMILES string of the molecule is Cc1cc(C(Cc2ccn(C)n2)NN)ccc1Cl. The topological polar surface area (TPSA) is 55.9 Å². The van der Waals surface area contributed by atoms with Crippen molar-refractivity contribution in [2.24, 2.45) is 12.9 Å². The van der Waals surface area contributed by atoms with Crippen molar-refractivity contribution in [3.8, 4) is 0 Å². The summed E-state index contributed by atoms with van der Waals surface area (Å²) in [6, 6.07) is 7.97. The third kappa shape index (κ3) is 2.90. The molecule has 0 bridgehead atoms. The lowest BCUT2D eigenvalue weighted by Gasteiger charge is -2.16. The minimum absolute atomic E-state index is 0.0378. The summed E-state index contributed by atoms with van der Waals surface area (Å²) < 4.78 is 1.79. The number of aryl methyl sites for hydroxylation is 2. The smallest absolute Gasteiger partial charge is 0.0643 e. The Hall–Kier alpha value is -1.36. The van der Waals surface area contributed by atoms with Gasteiger partial charge in [0.25, 0.3) is 0 Å². The fraction of sp³-hybridized carbons (Fsp3) is 0.308. The highest BCUT2D eigenvalue weighted by atomic mass is 35.5. The van der Waals surface area contributed by atoms with Crippen molar-refractivity contribution >= 4 is 11.6 Å². The van der Waals surface area contributed by atoms with E-state index in [-0.39, 0.29) is 6.04 Å². The molecule has 0 saturated carbocycles. The van der Waals surface area contributed by atoms with E-state index >= 15 is 0 Å². The number of nitrogens with zero attached hydrogens (tertiary/aromatic N) is 2. The highest BCUT2D eigenvalue weighted by molar-refractivity contribution is 6.31. The number of nitrogens with one attached hydrogen (secondary N) is 1. The second kappa shape index (κ2) is 5.52. The average molecular weight is 265 g/mol. The van der Waals surface area contributed by atoms with Crippen molar-refractivity contribution < 1.29 is 0 Å².